The molecule has 126 valence electrons. The first-order valence-electron chi connectivity index (χ1n) is 7.07. The summed E-state index contributed by atoms with van der Waals surface area (Å²) in [6.45, 7) is 2.13. The van der Waals surface area contributed by atoms with Gasteiger partial charge in [-0.05, 0) is 25.1 Å². The number of halogens is 1. The maximum atomic E-state index is 12.6. The molecule has 0 fully saturated rings. The Morgan fingerprint density at radius 2 is 2.21 bits per heavy atom. The minimum absolute atomic E-state index is 0.0781. The third kappa shape index (κ3) is 2.86. The number of carboxylic acid groups (broad SMARTS) is 1. The molecule has 0 spiro atoms. The number of methoxy groups -OCH3 is 1. The molecular weight excluding hydrogens is 354 g/mol. The molecule has 1 aromatic heterocycles. The fraction of sp³-hybridized carbons (Fsp3) is 0.250. The van der Waals surface area contributed by atoms with Crippen molar-refractivity contribution in [3.05, 3.63) is 44.8 Å². The molecule has 24 heavy (non-hydrogen) atoms. The largest absolute Gasteiger partial charge is 0.496 e. The molecule has 3 rings (SSSR count). The third-order valence-corrected chi connectivity index (χ3v) is 5.07. The molecule has 2 N–H and O–H groups in total. The van der Waals surface area contributed by atoms with E-state index in [1.807, 2.05) is 0 Å². The van der Waals surface area contributed by atoms with Gasteiger partial charge in [-0.15, -0.1) is 11.3 Å². The molecule has 1 unspecified atom stereocenters. The Morgan fingerprint density at radius 3 is 2.88 bits per heavy atom. The quantitative estimate of drug-likeness (QED) is 0.854. The molecule has 6 nitrogen and oxygen atoms in total. The standard InChI is InChI=1S/C16H14ClNO5S/c1-7-12-11(6-23-7)24-15(13(12)16(20)21)18-14(19)9-5-8(17)3-4-10(9)22-2/h3-5,7H,6H2,1-2H3,(H,18,19)(H,20,21). The maximum absolute atomic E-state index is 12.6. The lowest BCUT2D eigenvalue weighted by Gasteiger charge is -2.10. The van der Waals surface area contributed by atoms with Crippen LogP contribution in [0.5, 0.6) is 5.75 Å². The first kappa shape index (κ1) is 16.8. The molecular formula is C16H14ClNO5S. The topological polar surface area (TPSA) is 84.9 Å². The number of benzene rings is 1. The summed E-state index contributed by atoms with van der Waals surface area (Å²) in [6, 6.07) is 4.67. The van der Waals surface area contributed by atoms with Gasteiger partial charge in [0.1, 0.15) is 16.3 Å². The number of anilines is 1. The Balaban J connectivity index is 1.98. The molecule has 1 atom stereocenters. The predicted octanol–water partition coefficient (Wildman–Crippen LogP) is 3.95. The molecule has 1 aliphatic rings. The number of thiophene rings is 1. The van der Waals surface area contributed by atoms with E-state index < -0.39 is 11.9 Å². The number of carboxylic acids is 1. The van der Waals surface area contributed by atoms with Gasteiger partial charge in [-0.25, -0.2) is 4.79 Å². The highest BCUT2D eigenvalue weighted by Crippen LogP contribution is 2.43. The predicted molar refractivity (Wildman–Crippen MR) is 90.4 cm³/mol. The van der Waals surface area contributed by atoms with Crippen molar-refractivity contribution in [2.75, 3.05) is 12.4 Å². The highest BCUT2D eigenvalue weighted by molar-refractivity contribution is 7.17. The summed E-state index contributed by atoms with van der Waals surface area (Å²) in [7, 11) is 1.45. The highest BCUT2D eigenvalue weighted by Gasteiger charge is 2.32. The van der Waals surface area contributed by atoms with Crippen LogP contribution >= 0.6 is 22.9 Å². The molecule has 0 saturated heterocycles. The first-order chi connectivity index (χ1) is 11.4. The van der Waals surface area contributed by atoms with Crippen molar-refractivity contribution in [3.8, 4) is 5.75 Å². The second kappa shape index (κ2) is 6.43. The van der Waals surface area contributed by atoms with Crippen molar-refractivity contribution in [1.82, 2.24) is 0 Å². The normalized spacial score (nSPS) is 15.9. The molecule has 1 aliphatic heterocycles. The monoisotopic (exact) mass is 367 g/mol. The summed E-state index contributed by atoms with van der Waals surface area (Å²) in [5.74, 6) is -1.22. The van der Waals surface area contributed by atoms with Gasteiger partial charge in [0, 0.05) is 15.5 Å². The highest BCUT2D eigenvalue weighted by atomic mass is 35.5. The van der Waals surface area contributed by atoms with Crippen LogP contribution in [0.2, 0.25) is 5.02 Å². The number of hydrogen-bond acceptors (Lipinski definition) is 5. The van der Waals surface area contributed by atoms with Gasteiger partial charge in [0.2, 0.25) is 0 Å². The summed E-state index contributed by atoms with van der Waals surface area (Å²) < 4.78 is 10.6. The van der Waals surface area contributed by atoms with Gasteiger partial charge in [0.05, 0.1) is 25.4 Å². The SMILES string of the molecule is COc1ccc(Cl)cc1C(=O)Nc1sc2c(c1C(=O)O)C(C)OC2. The van der Waals surface area contributed by atoms with Gasteiger partial charge >= 0.3 is 5.97 Å². The zero-order valence-corrected chi connectivity index (χ0v) is 14.5. The Morgan fingerprint density at radius 1 is 1.46 bits per heavy atom. The van der Waals surface area contributed by atoms with E-state index in [9.17, 15) is 14.7 Å². The lowest BCUT2D eigenvalue weighted by molar-refractivity contribution is 0.0669. The van der Waals surface area contributed by atoms with E-state index in [1.165, 1.54) is 24.5 Å². The Bertz CT molecular complexity index is 832. The van der Waals surface area contributed by atoms with Crippen LogP contribution in [0.15, 0.2) is 18.2 Å². The van der Waals surface area contributed by atoms with Crippen LogP contribution in [0.4, 0.5) is 5.00 Å². The minimum Gasteiger partial charge on any atom is -0.496 e. The minimum atomic E-state index is -1.10. The lowest BCUT2D eigenvalue weighted by atomic mass is 10.1. The van der Waals surface area contributed by atoms with Gasteiger partial charge in [-0.2, -0.15) is 0 Å². The summed E-state index contributed by atoms with van der Waals surface area (Å²) >= 11 is 7.15. The van der Waals surface area contributed by atoms with E-state index in [0.717, 1.165) is 4.88 Å². The van der Waals surface area contributed by atoms with Crippen LogP contribution in [0.25, 0.3) is 0 Å². The molecule has 1 aromatic carbocycles. The average Bonchev–Trinajstić information content (AvgIpc) is 3.06. The van der Waals surface area contributed by atoms with Crippen molar-refractivity contribution in [1.29, 1.82) is 0 Å². The molecule has 0 radical (unpaired) electrons. The summed E-state index contributed by atoms with van der Waals surface area (Å²) in [5.41, 5.74) is 0.939. The van der Waals surface area contributed by atoms with Crippen LogP contribution in [-0.2, 0) is 11.3 Å². The number of aromatic carboxylic acids is 1. The second-order valence-corrected chi connectivity index (χ2v) is 6.74. The molecule has 8 heteroatoms. The maximum Gasteiger partial charge on any atom is 0.339 e. The van der Waals surface area contributed by atoms with Crippen molar-refractivity contribution < 1.29 is 24.2 Å². The summed E-state index contributed by atoms with van der Waals surface area (Å²) in [4.78, 5) is 25.0. The average molecular weight is 368 g/mol. The molecule has 2 heterocycles. The molecule has 0 bridgehead atoms. The van der Waals surface area contributed by atoms with E-state index in [0.29, 0.717) is 22.9 Å². The van der Waals surface area contributed by atoms with Crippen molar-refractivity contribution >= 4 is 39.8 Å². The lowest BCUT2D eigenvalue weighted by Crippen LogP contribution is -2.15. The third-order valence-electron chi connectivity index (χ3n) is 3.74. The van der Waals surface area contributed by atoms with Gasteiger partial charge in [-0.1, -0.05) is 11.6 Å². The number of nitrogens with one attached hydrogen (secondary N) is 1. The van der Waals surface area contributed by atoms with Crippen LogP contribution in [-0.4, -0.2) is 24.1 Å². The van der Waals surface area contributed by atoms with Crippen molar-refractivity contribution in [2.45, 2.75) is 19.6 Å². The number of fused-ring (bicyclic) bond motifs is 1. The van der Waals surface area contributed by atoms with Crippen LogP contribution in [0.3, 0.4) is 0 Å². The summed E-state index contributed by atoms with van der Waals surface area (Å²) in [6.07, 6.45) is -0.311. The number of carbonyl (C=O) groups is 2. The van der Waals surface area contributed by atoms with E-state index in [2.05, 4.69) is 5.32 Å². The zero-order chi connectivity index (χ0) is 17.4. The Hall–Kier alpha value is -2.09. The van der Waals surface area contributed by atoms with Gasteiger partial charge < -0.3 is 19.9 Å². The van der Waals surface area contributed by atoms with Gasteiger partial charge in [-0.3, -0.25) is 4.79 Å². The van der Waals surface area contributed by atoms with E-state index >= 15 is 0 Å². The smallest absolute Gasteiger partial charge is 0.339 e. The molecule has 0 saturated carbocycles. The van der Waals surface area contributed by atoms with Crippen molar-refractivity contribution in [3.63, 3.8) is 0 Å². The number of amides is 1. The number of rotatable bonds is 4. The fourth-order valence-electron chi connectivity index (χ4n) is 2.64. The number of hydrogen-bond donors (Lipinski definition) is 2. The summed E-state index contributed by atoms with van der Waals surface area (Å²) in [5, 5.41) is 12.9. The molecule has 2 aromatic rings. The number of ether oxygens (including phenoxy) is 2. The van der Waals surface area contributed by atoms with Gasteiger partial charge in [0.25, 0.3) is 5.91 Å². The molecule has 0 aliphatic carbocycles. The van der Waals surface area contributed by atoms with Crippen LogP contribution in [0, 0.1) is 0 Å². The number of carbonyl (C=O) groups excluding carboxylic acids is 1. The second-order valence-electron chi connectivity index (χ2n) is 5.20. The Labute approximate surface area is 147 Å². The first-order valence-corrected chi connectivity index (χ1v) is 8.27. The van der Waals surface area contributed by atoms with E-state index in [4.69, 9.17) is 21.1 Å². The fourth-order valence-corrected chi connectivity index (χ4v) is 4.01. The van der Waals surface area contributed by atoms with E-state index in [-0.39, 0.29) is 22.2 Å². The Kier molecular flexibility index (Phi) is 4.49. The van der Waals surface area contributed by atoms with E-state index in [1.54, 1.807) is 19.1 Å². The molecule has 1 amide bonds. The zero-order valence-electron chi connectivity index (χ0n) is 12.9. The van der Waals surface area contributed by atoms with Crippen LogP contribution < -0.4 is 10.1 Å². The van der Waals surface area contributed by atoms with Gasteiger partial charge in [0.15, 0.2) is 0 Å². The van der Waals surface area contributed by atoms with Crippen molar-refractivity contribution in [2.24, 2.45) is 0 Å². The van der Waals surface area contributed by atoms with Crippen LogP contribution in [0.1, 0.15) is 44.2 Å².